The van der Waals surface area contributed by atoms with Crippen molar-refractivity contribution in [3.8, 4) is 0 Å². The van der Waals surface area contributed by atoms with E-state index in [1.54, 1.807) is 0 Å². The number of amides is 2. The van der Waals surface area contributed by atoms with E-state index in [0.29, 0.717) is 18.9 Å². The number of carbonyl (C=O) groups excluding carboxylic acids is 1. The Hall–Kier alpha value is -1.26. The van der Waals surface area contributed by atoms with Crippen molar-refractivity contribution in [2.24, 2.45) is 11.8 Å². The van der Waals surface area contributed by atoms with Gasteiger partial charge in [-0.25, -0.2) is 4.79 Å². The van der Waals surface area contributed by atoms with Crippen molar-refractivity contribution >= 4 is 12.0 Å². The molecule has 0 bridgehead atoms. The monoisotopic (exact) mass is 268 g/mol. The number of likely N-dealkylation sites (tertiary alicyclic amines) is 1. The molecular formula is C14H24N2O3. The Balaban J connectivity index is 1.66. The summed E-state index contributed by atoms with van der Waals surface area (Å²) in [6.07, 6.45) is 6.65. The lowest BCUT2D eigenvalue weighted by molar-refractivity contribution is -0.137. The van der Waals surface area contributed by atoms with Crippen LogP contribution in [-0.4, -0.2) is 41.6 Å². The average molecular weight is 268 g/mol. The first kappa shape index (κ1) is 14.2. The molecule has 0 aromatic heterocycles. The van der Waals surface area contributed by atoms with Gasteiger partial charge in [-0.2, -0.15) is 0 Å². The molecule has 1 saturated carbocycles. The first-order valence-corrected chi connectivity index (χ1v) is 7.39. The summed E-state index contributed by atoms with van der Waals surface area (Å²) in [7, 11) is 0. The van der Waals surface area contributed by atoms with Crippen LogP contribution >= 0.6 is 0 Å². The molecule has 1 heterocycles. The average Bonchev–Trinajstić information content (AvgIpc) is 3.21. The lowest BCUT2D eigenvalue weighted by Gasteiger charge is -2.32. The standard InChI is InChI=1S/C14H24N2O3/c17-13(18)6-5-12-2-1-9-16(10-12)14(19)15-8-7-11-3-4-11/h11-12H,1-10H2,(H,15,19)(H,17,18). The van der Waals surface area contributed by atoms with Crippen LogP contribution in [0.3, 0.4) is 0 Å². The molecule has 2 fully saturated rings. The number of piperidine rings is 1. The Morgan fingerprint density at radius 2 is 1.95 bits per heavy atom. The Bertz CT molecular complexity index is 329. The molecule has 2 amide bonds. The normalized spacial score (nSPS) is 23.2. The number of nitrogens with one attached hydrogen (secondary N) is 1. The van der Waals surface area contributed by atoms with Crippen molar-refractivity contribution in [1.29, 1.82) is 0 Å². The van der Waals surface area contributed by atoms with Crippen LogP contribution in [0.5, 0.6) is 0 Å². The number of urea groups is 1. The van der Waals surface area contributed by atoms with Crippen molar-refractivity contribution in [3.05, 3.63) is 0 Å². The van der Waals surface area contributed by atoms with Crippen molar-refractivity contribution in [1.82, 2.24) is 10.2 Å². The van der Waals surface area contributed by atoms with Crippen molar-refractivity contribution in [2.75, 3.05) is 19.6 Å². The van der Waals surface area contributed by atoms with E-state index in [-0.39, 0.29) is 12.5 Å². The Morgan fingerprint density at radius 1 is 1.16 bits per heavy atom. The number of aliphatic carboxylic acids is 1. The summed E-state index contributed by atoms with van der Waals surface area (Å²) in [4.78, 5) is 24.4. The van der Waals surface area contributed by atoms with Crippen LogP contribution in [0.4, 0.5) is 4.79 Å². The number of carbonyl (C=O) groups is 2. The molecule has 5 nitrogen and oxygen atoms in total. The second kappa shape index (κ2) is 6.78. The number of carboxylic acid groups (broad SMARTS) is 1. The summed E-state index contributed by atoms with van der Waals surface area (Å²) in [6.45, 7) is 2.29. The summed E-state index contributed by atoms with van der Waals surface area (Å²) in [5.41, 5.74) is 0. The zero-order valence-corrected chi connectivity index (χ0v) is 11.4. The Kier molecular flexibility index (Phi) is 5.05. The molecule has 1 atom stereocenters. The maximum Gasteiger partial charge on any atom is 0.317 e. The Morgan fingerprint density at radius 3 is 2.63 bits per heavy atom. The molecule has 2 rings (SSSR count). The predicted molar refractivity (Wildman–Crippen MR) is 71.9 cm³/mol. The highest BCUT2D eigenvalue weighted by Crippen LogP contribution is 2.31. The molecule has 108 valence electrons. The SMILES string of the molecule is O=C(O)CCC1CCCN(C(=O)NCCC2CC2)C1. The lowest BCUT2D eigenvalue weighted by Crippen LogP contribution is -2.45. The molecule has 2 N–H and O–H groups in total. The van der Waals surface area contributed by atoms with Gasteiger partial charge in [-0.05, 0) is 37.5 Å². The number of rotatable bonds is 6. The molecule has 0 aromatic rings. The fourth-order valence-corrected chi connectivity index (χ4v) is 2.71. The van der Waals surface area contributed by atoms with E-state index in [0.717, 1.165) is 38.3 Å². The zero-order chi connectivity index (χ0) is 13.7. The van der Waals surface area contributed by atoms with Crippen molar-refractivity contribution < 1.29 is 14.7 Å². The van der Waals surface area contributed by atoms with E-state index in [9.17, 15) is 9.59 Å². The second-order valence-corrected chi connectivity index (χ2v) is 5.85. The minimum absolute atomic E-state index is 0.0284. The van der Waals surface area contributed by atoms with Gasteiger partial charge in [-0.15, -0.1) is 0 Å². The molecule has 0 aromatic carbocycles. The zero-order valence-electron chi connectivity index (χ0n) is 11.4. The molecule has 1 saturated heterocycles. The maximum atomic E-state index is 12.0. The molecular weight excluding hydrogens is 244 g/mol. The minimum Gasteiger partial charge on any atom is -0.481 e. The molecule has 0 radical (unpaired) electrons. The van der Waals surface area contributed by atoms with Crippen LogP contribution < -0.4 is 5.32 Å². The summed E-state index contributed by atoms with van der Waals surface area (Å²) < 4.78 is 0. The van der Waals surface area contributed by atoms with Crippen LogP contribution in [0.25, 0.3) is 0 Å². The molecule has 19 heavy (non-hydrogen) atoms. The van der Waals surface area contributed by atoms with Gasteiger partial charge in [0.15, 0.2) is 0 Å². The van der Waals surface area contributed by atoms with Crippen LogP contribution in [0, 0.1) is 11.8 Å². The van der Waals surface area contributed by atoms with Gasteiger partial charge in [-0.1, -0.05) is 12.8 Å². The fourth-order valence-electron chi connectivity index (χ4n) is 2.71. The van der Waals surface area contributed by atoms with E-state index in [4.69, 9.17) is 5.11 Å². The molecule has 1 aliphatic carbocycles. The van der Waals surface area contributed by atoms with E-state index >= 15 is 0 Å². The highest BCUT2D eigenvalue weighted by molar-refractivity contribution is 5.74. The lowest BCUT2D eigenvalue weighted by atomic mass is 9.93. The third kappa shape index (κ3) is 5.09. The van der Waals surface area contributed by atoms with E-state index < -0.39 is 5.97 Å². The number of hydrogen-bond donors (Lipinski definition) is 2. The van der Waals surface area contributed by atoms with Crippen molar-refractivity contribution in [3.63, 3.8) is 0 Å². The summed E-state index contributed by atoms with van der Waals surface area (Å²) in [5.74, 6) is 0.440. The first-order chi connectivity index (χ1) is 9.15. The number of hydrogen-bond acceptors (Lipinski definition) is 2. The van der Waals surface area contributed by atoms with Gasteiger partial charge < -0.3 is 15.3 Å². The summed E-state index contributed by atoms with van der Waals surface area (Å²) in [6, 6.07) is 0.0284. The third-order valence-electron chi connectivity index (χ3n) is 4.10. The van der Waals surface area contributed by atoms with Crippen molar-refractivity contribution in [2.45, 2.75) is 44.9 Å². The van der Waals surface area contributed by atoms with Gasteiger partial charge in [-0.3, -0.25) is 4.79 Å². The van der Waals surface area contributed by atoms with E-state index in [1.807, 2.05) is 4.90 Å². The molecule has 5 heteroatoms. The van der Waals surface area contributed by atoms with Crippen LogP contribution in [0.15, 0.2) is 0 Å². The van der Waals surface area contributed by atoms with Gasteiger partial charge >= 0.3 is 12.0 Å². The van der Waals surface area contributed by atoms with E-state index in [2.05, 4.69) is 5.32 Å². The van der Waals surface area contributed by atoms with Gasteiger partial charge in [0.05, 0.1) is 0 Å². The number of nitrogens with zero attached hydrogens (tertiary/aromatic N) is 1. The van der Waals surface area contributed by atoms with Crippen LogP contribution in [-0.2, 0) is 4.79 Å². The molecule has 2 aliphatic rings. The van der Waals surface area contributed by atoms with Gasteiger partial charge in [0.2, 0.25) is 0 Å². The van der Waals surface area contributed by atoms with Crippen LogP contribution in [0.1, 0.15) is 44.9 Å². The smallest absolute Gasteiger partial charge is 0.317 e. The quantitative estimate of drug-likeness (QED) is 0.774. The highest BCUT2D eigenvalue weighted by Gasteiger charge is 2.25. The topological polar surface area (TPSA) is 69.6 Å². The summed E-state index contributed by atoms with van der Waals surface area (Å²) in [5, 5.41) is 11.7. The van der Waals surface area contributed by atoms with Gasteiger partial charge in [0.25, 0.3) is 0 Å². The second-order valence-electron chi connectivity index (χ2n) is 5.85. The predicted octanol–water partition coefficient (Wildman–Crippen LogP) is 2.07. The molecule has 0 spiro atoms. The third-order valence-corrected chi connectivity index (χ3v) is 4.10. The van der Waals surface area contributed by atoms with Crippen LogP contribution in [0.2, 0.25) is 0 Å². The highest BCUT2D eigenvalue weighted by atomic mass is 16.4. The number of carboxylic acids is 1. The fraction of sp³-hybridized carbons (Fsp3) is 0.857. The van der Waals surface area contributed by atoms with Gasteiger partial charge in [0, 0.05) is 26.1 Å². The largest absolute Gasteiger partial charge is 0.481 e. The Labute approximate surface area is 114 Å². The molecule has 1 unspecified atom stereocenters. The van der Waals surface area contributed by atoms with Gasteiger partial charge in [0.1, 0.15) is 0 Å². The minimum atomic E-state index is -0.744. The summed E-state index contributed by atoms with van der Waals surface area (Å²) >= 11 is 0. The molecule has 1 aliphatic heterocycles. The maximum absolute atomic E-state index is 12.0. The first-order valence-electron chi connectivity index (χ1n) is 7.39. The van der Waals surface area contributed by atoms with E-state index in [1.165, 1.54) is 12.8 Å².